The number of rotatable bonds is 8. The minimum absolute atomic E-state index is 0.0503. The van der Waals surface area contributed by atoms with Gasteiger partial charge in [0, 0.05) is 24.2 Å². The second-order valence-corrected chi connectivity index (χ2v) is 7.88. The van der Waals surface area contributed by atoms with Gasteiger partial charge < -0.3 is 9.73 Å². The zero-order chi connectivity index (χ0) is 19.9. The molecule has 2 aromatic rings. The van der Waals surface area contributed by atoms with Crippen LogP contribution < -0.4 is 5.32 Å². The van der Waals surface area contributed by atoms with E-state index in [9.17, 15) is 14.9 Å². The lowest BCUT2D eigenvalue weighted by Crippen LogP contribution is -2.31. The lowest BCUT2D eigenvalue weighted by atomic mass is 9.97. The van der Waals surface area contributed by atoms with E-state index in [1.54, 1.807) is 19.1 Å². The number of amides is 1. The van der Waals surface area contributed by atoms with Crippen molar-refractivity contribution in [3.63, 3.8) is 0 Å². The van der Waals surface area contributed by atoms with Crippen LogP contribution in [-0.2, 0) is 4.79 Å². The third kappa shape index (κ3) is 5.41. The Morgan fingerprint density at radius 2 is 2.25 bits per heavy atom. The monoisotopic (exact) mass is 402 g/mol. The van der Waals surface area contributed by atoms with Crippen LogP contribution in [0.15, 0.2) is 45.6 Å². The van der Waals surface area contributed by atoms with E-state index in [-0.39, 0.29) is 22.7 Å². The minimum atomic E-state index is -0.481. The van der Waals surface area contributed by atoms with E-state index >= 15 is 0 Å². The smallest absolute Gasteiger partial charge is 0.277 e. The number of carbonyl (C=O) groups is 1. The summed E-state index contributed by atoms with van der Waals surface area (Å²) in [6.45, 7) is 2.40. The molecule has 9 heteroatoms. The predicted molar refractivity (Wildman–Crippen MR) is 106 cm³/mol. The fourth-order valence-electron chi connectivity index (χ4n) is 2.95. The van der Waals surface area contributed by atoms with Crippen LogP contribution in [0.5, 0.6) is 0 Å². The van der Waals surface area contributed by atoms with Crippen LogP contribution in [0.3, 0.4) is 0 Å². The zero-order valence-corrected chi connectivity index (χ0v) is 16.4. The fraction of sp³-hybridized carbons (Fsp3) is 0.421. The maximum atomic E-state index is 12.3. The van der Waals surface area contributed by atoms with Crippen molar-refractivity contribution in [3.8, 4) is 11.5 Å². The van der Waals surface area contributed by atoms with Gasteiger partial charge in [-0.3, -0.25) is 14.9 Å². The SMILES string of the molecule is C[C@@H](Sc1nnc(-c2cccc([N+](=O)[O-])c2)o1)C(=O)NCCC1=CCCCC1. The number of nitro benzene ring substituents is 1. The van der Waals surface area contributed by atoms with E-state index in [2.05, 4.69) is 21.6 Å². The van der Waals surface area contributed by atoms with Gasteiger partial charge in [0.25, 0.3) is 10.9 Å². The molecule has 1 aromatic carbocycles. The van der Waals surface area contributed by atoms with E-state index in [0.29, 0.717) is 12.1 Å². The van der Waals surface area contributed by atoms with Crippen molar-refractivity contribution in [2.24, 2.45) is 0 Å². The third-order valence-corrected chi connectivity index (χ3v) is 5.42. The van der Waals surface area contributed by atoms with Crippen LogP contribution in [0, 0.1) is 10.1 Å². The number of aromatic nitrogens is 2. The number of hydrogen-bond acceptors (Lipinski definition) is 7. The van der Waals surface area contributed by atoms with Gasteiger partial charge in [-0.15, -0.1) is 10.2 Å². The molecule has 0 fully saturated rings. The van der Waals surface area contributed by atoms with E-state index in [1.807, 2.05) is 0 Å². The molecule has 0 saturated heterocycles. The summed E-state index contributed by atoms with van der Waals surface area (Å²) in [5.74, 6) is 0.0968. The highest BCUT2D eigenvalue weighted by molar-refractivity contribution is 8.00. The van der Waals surface area contributed by atoms with Gasteiger partial charge in [0.05, 0.1) is 10.2 Å². The molecule has 1 aliphatic carbocycles. The molecular formula is C19H22N4O4S. The maximum Gasteiger partial charge on any atom is 0.277 e. The number of benzene rings is 1. The summed E-state index contributed by atoms with van der Waals surface area (Å²) in [5.41, 5.74) is 1.84. The average molecular weight is 402 g/mol. The van der Waals surface area contributed by atoms with Crippen molar-refractivity contribution in [2.45, 2.75) is 49.5 Å². The van der Waals surface area contributed by atoms with Gasteiger partial charge >= 0.3 is 0 Å². The van der Waals surface area contributed by atoms with E-state index < -0.39 is 10.2 Å². The normalized spacial score (nSPS) is 15.0. The lowest BCUT2D eigenvalue weighted by molar-refractivity contribution is -0.384. The summed E-state index contributed by atoms with van der Waals surface area (Å²) in [4.78, 5) is 22.7. The summed E-state index contributed by atoms with van der Waals surface area (Å²) < 4.78 is 5.55. The van der Waals surface area contributed by atoms with Crippen LogP contribution in [-0.4, -0.2) is 32.8 Å². The molecule has 1 amide bonds. The highest BCUT2D eigenvalue weighted by atomic mass is 32.2. The standard InChI is InChI=1S/C19H22N4O4S/c1-13(17(24)20-11-10-14-6-3-2-4-7-14)28-19-22-21-18(27-19)15-8-5-9-16(12-15)23(25)26/h5-6,8-9,12-13H,2-4,7,10-11H2,1H3,(H,20,24)/t13-/m1/s1. The first kappa shape index (κ1) is 20.1. The molecule has 1 N–H and O–H groups in total. The molecule has 1 aliphatic rings. The van der Waals surface area contributed by atoms with Gasteiger partial charge in [-0.1, -0.05) is 29.5 Å². The summed E-state index contributed by atoms with van der Waals surface area (Å²) in [6.07, 6.45) is 7.92. The molecule has 0 saturated carbocycles. The summed E-state index contributed by atoms with van der Waals surface area (Å²) in [7, 11) is 0. The molecule has 0 aliphatic heterocycles. The average Bonchev–Trinajstić information content (AvgIpc) is 3.17. The highest BCUT2D eigenvalue weighted by Gasteiger charge is 2.19. The van der Waals surface area contributed by atoms with Gasteiger partial charge in [-0.2, -0.15) is 0 Å². The summed E-state index contributed by atoms with van der Waals surface area (Å²) >= 11 is 1.16. The molecular weight excluding hydrogens is 380 g/mol. The number of nitrogens with zero attached hydrogens (tertiary/aromatic N) is 3. The van der Waals surface area contributed by atoms with Crippen molar-refractivity contribution in [1.29, 1.82) is 0 Å². The van der Waals surface area contributed by atoms with Gasteiger partial charge in [0.1, 0.15) is 0 Å². The summed E-state index contributed by atoms with van der Waals surface area (Å²) in [5, 5.41) is 21.5. The second-order valence-electron chi connectivity index (χ2n) is 6.59. The summed E-state index contributed by atoms with van der Waals surface area (Å²) in [6, 6.07) is 5.98. The molecule has 28 heavy (non-hydrogen) atoms. The molecule has 148 valence electrons. The Hall–Kier alpha value is -2.68. The number of thioether (sulfide) groups is 1. The quantitative estimate of drug-likeness (QED) is 0.306. The van der Waals surface area contributed by atoms with Crippen molar-refractivity contribution in [3.05, 3.63) is 46.0 Å². The first-order valence-corrected chi connectivity index (χ1v) is 10.1. The first-order valence-electron chi connectivity index (χ1n) is 9.23. The lowest BCUT2D eigenvalue weighted by Gasteiger charge is -2.14. The Balaban J connectivity index is 1.52. The Kier molecular flexibility index (Phi) is 6.80. The predicted octanol–water partition coefficient (Wildman–Crippen LogP) is 4.13. The number of nitrogens with one attached hydrogen (secondary N) is 1. The van der Waals surface area contributed by atoms with Crippen LogP contribution in [0.1, 0.15) is 39.0 Å². The Morgan fingerprint density at radius 1 is 1.39 bits per heavy atom. The Bertz CT molecular complexity index is 880. The van der Waals surface area contributed by atoms with Crippen LogP contribution in [0.4, 0.5) is 5.69 Å². The second kappa shape index (κ2) is 9.50. The fourth-order valence-corrected chi connectivity index (χ4v) is 3.66. The molecule has 8 nitrogen and oxygen atoms in total. The number of carbonyl (C=O) groups excluding carboxylic acids is 1. The van der Waals surface area contributed by atoms with Crippen molar-refractivity contribution in [1.82, 2.24) is 15.5 Å². The van der Waals surface area contributed by atoms with E-state index in [4.69, 9.17) is 4.42 Å². The third-order valence-electron chi connectivity index (χ3n) is 4.49. The highest BCUT2D eigenvalue weighted by Crippen LogP contribution is 2.28. The number of hydrogen-bond donors (Lipinski definition) is 1. The van der Waals surface area contributed by atoms with Gasteiger partial charge in [-0.25, -0.2) is 0 Å². The molecule has 1 heterocycles. The minimum Gasteiger partial charge on any atom is -0.411 e. The Labute approximate surface area is 166 Å². The molecule has 1 atom stereocenters. The van der Waals surface area contributed by atoms with Crippen LogP contribution in [0.25, 0.3) is 11.5 Å². The maximum absolute atomic E-state index is 12.3. The number of allylic oxidation sites excluding steroid dienone is 1. The molecule has 1 aromatic heterocycles. The van der Waals surface area contributed by atoms with E-state index in [0.717, 1.165) is 31.0 Å². The Morgan fingerprint density at radius 3 is 3.00 bits per heavy atom. The number of nitro groups is 1. The van der Waals surface area contributed by atoms with E-state index in [1.165, 1.54) is 30.5 Å². The van der Waals surface area contributed by atoms with Gasteiger partial charge in [0.2, 0.25) is 11.8 Å². The topological polar surface area (TPSA) is 111 Å². The zero-order valence-electron chi connectivity index (χ0n) is 15.6. The van der Waals surface area contributed by atoms with Crippen molar-refractivity contribution < 1.29 is 14.1 Å². The van der Waals surface area contributed by atoms with Gasteiger partial charge in [0.15, 0.2) is 0 Å². The largest absolute Gasteiger partial charge is 0.411 e. The molecule has 0 unspecified atom stereocenters. The number of non-ortho nitro benzene ring substituents is 1. The van der Waals surface area contributed by atoms with Crippen LogP contribution in [0.2, 0.25) is 0 Å². The van der Waals surface area contributed by atoms with Crippen molar-refractivity contribution in [2.75, 3.05) is 6.54 Å². The molecule has 3 rings (SSSR count). The van der Waals surface area contributed by atoms with Crippen LogP contribution >= 0.6 is 11.8 Å². The molecule has 0 radical (unpaired) electrons. The molecule has 0 bridgehead atoms. The first-order chi connectivity index (χ1) is 13.5. The van der Waals surface area contributed by atoms with Crippen molar-refractivity contribution >= 4 is 23.4 Å². The molecule has 0 spiro atoms. The van der Waals surface area contributed by atoms with Gasteiger partial charge in [-0.05, 0) is 45.1 Å².